The number of carbonyl (C=O) groups is 1. The van der Waals surface area contributed by atoms with Crippen LogP contribution in [0.3, 0.4) is 0 Å². The number of para-hydroxylation sites is 1. The summed E-state index contributed by atoms with van der Waals surface area (Å²) < 4.78 is 29.5. The molecule has 2 aliphatic rings. The summed E-state index contributed by atoms with van der Waals surface area (Å²) in [6.07, 6.45) is 0. The minimum Gasteiger partial charge on any atom is -0.496 e. The average Bonchev–Trinajstić information content (AvgIpc) is 3.00. The molecule has 0 spiro atoms. The number of amidine groups is 1. The lowest BCUT2D eigenvalue weighted by atomic mass is 10.1. The van der Waals surface area contributed by atoms with Crippen molar-refractivity contribution < 1.29 is 17.9 Å². The highest BCUT2D eigenvalue weighted by atomic mass is 32.2. The molecule has 2 fully saturated rings. The maximum Gasteiger partial charge on any atom is 0.250 e. The Hall–Kier alpha value is -1.54. The van der Waals surface area contributed by atoms with E-state index >= 15 is 0 Å². The molecule has 1 aromatic carbocycles. The maximum atomic E-state index is 12.1. The second-order valence-electron chi connectivity index (χ2n) is 6.63. The number of amides is 1. The number of nitrogens with zero attached hydrogens (tertiary/aromatic N) is 2. The van der Waals surface area contributed by atoms with Gasteiger partial charge in [0.1, 0.15) is 5.75 Å². The van der Waals surface area contributed by atoms with Crippen LogP contribution in [0.4, 0.5) is 0 Å². The smallest absolute Gasteiger partial charge is 0.250 e. The Morgan fingerprint density at radius 1 is 1.36 bits per heavy atom. The molecule has 2 aliphatic heterocycles. The highest BCUT2D eigenvalue weighted by Gasteiger charge is 2.48. The van der Waals surface area contributed by atoms with Crippen LogP contribution in [-0.4, -0.2) is 54.3 Å². The summed E-state index contributed by atoms with van der Waals surface area (Å²) in [5, 5.41) is 0.549. The minimum absolute atomic E-state index is 0.0709. The standard InChI is InChI=1S/C17H22N2O4S2/c1-11(2)16(20)18-17-19(8-12-6-4-5-7-14(12)23-3)13-9-25(21,22)10-15(13)24-17/h4-7,11,13,15H,8-10H2,1-3H3. The van der Waals surface area contributed by atoms with Crippen LogP contribution in [0.5, 0.6) is 5.75 Å². The third-order valence-corrected chi connectivity index (χ3v) is 7.66. The molecule has 1 aromatic rings. The van der Waals surface area contributed by atoms with Gasteiger partial charge >= 0.3 is 0 Å². The topological polar surface area (TPSA) is 76.0 Å². The first-order valence-corrected chi connectivity index (χ1v) is 10.9. The zero-order valence-electron chi connectivity index (χ0n) is 14.5. The third-order valence-electron chi connectivity index (χ3n) is 4.41. The number of carbonyl (C=O) groups excluding carboxylic acids is 1. The Morgan fingerprint density at radius 2 is 2.08 bits per heavy atom. The molecule has 2 unspecified atom stereocenters. The molecule has 1 amide bonds. The Morgan fingerprint density at radius 3 is 2.76 bits per heavy atom. The molecule has 25 heavy (non-hydrogen) atoms. The Bertz CT molecular complexity index is 805. The summed E-state index contributed by atoms with van der Waals surface area (Å²) in [5.41, 5.74) is 0.945. The van der Waals surface area contributed by atoms with Crippen LogP contribution in [0.15, 0.2) is 29.3 Å². The number of rotatable bonds is 4. The van der Waals surface area contributed by atoms with Gasteiger partial charge in [0.05, 0.1) is 24.7 Å². The molecule has 0 saturated carbocycles. The molecule has 3 rings (SSSR count). The lowest BCUT2D eigenvalue weighted by molar-refractivity contribution is -0.120. The molecule has 0 aromatic heterocycles. The maximum absolute atomic E-state index is 12.1. The van der Waals surface area contributed by atoms with E-state index in [0.29, 0.717) is 11.7 Å². The fourth-order valence-electron chi connectivity index (χ4n) is 3.06. The first kappa shape index (κ1) is 18.3. The molecular weight excluding hydrogens is 360 g/mol. The van der Waals surface area contributed by atoms with E-state index in [2.05, 4.69) is 4.99 Å². The Kier molecular flexibility index (Phi) is 5.11. The number of aliphatic imine (C=N–C) groups is 1. The average molecular weight is 383 g/mol. The van der Waals surface area contributed by atoms with E-state index < -0.39 is 9.84 Å². The van der Waals surface area contributed by atoms with E-state index in [-0.39, 0.29) is 34.6 Å². The number of sulfone groups is 1. The van der Waals surface area contributed by atoms with Gasteiger partial charge in [-0.15, -0.1) is 0 Å². The second-order valence-corrected chi connectivity index (χ2v) is 9.99. The molecule has 6 nitrogen and oxygen atoms in total. The van der Waals surface area contributed by atoms with E-state index in [1.807, 2.05) is 43.0 Å². The Labute approximate surface area is 152 Å². The van der Waals surface area contributed by atoms with Crippen molar-refractivity contribution in [1.29, 1.82) is 0 Å². The van der Waals surface area contributed by atoms with E-state index in [9.17, 15) is 13.2 Å². The van der Waals surface area contributed by atoms with Gasteiger partial charge in [0, 0.05) is 23.3 Å². The summed E-state index contributed by atoms with van der Waals surface area (Å²) >= 11 is 1.41. The first-order chi connectivity index (χ1) is 11.8. The molecule has 0 bridgehead atoms. The third kappa shape index (κ3) is 3.84. The molecule has 8 heteroatoms. The zero-order chi connectivity index (χ0) is 18.2. The monoisotopic (exact) mass is 382 g/mol. The van der Waals surface area contributed by atoms with Crippen LogP contribution in [-0.2, 0) is 21.2 Å². The van der Waals surface area contributed by atoms with Crippen LogP contribution in [0.2, 0.25) is 0 Å². The van der Waals surface area contributed by atoms with Gasteiger partial charge < -0.3 is 9.64 Å². The quantitative estimate of drug-likeness (QED) is 0.792. The molecule has 136 valence electrons. The normalized spacial score (nSPS) is 26.2. The zero-order valence-corrected chi connectivity index (χ0v) is 16.1. The van der Waals surface area contributed by atoms with Gasteiger partial charge in [-0.1, -0.05) is 43.8 Å². The first-order valence-electron chi connectivity index (χ1n) is 8.19. The van der Waals surface area contributed by atoms with Crippen LogP contribution in [0.1, 0.15) is 19.4 Å². The van der Waals surface area contributed by atoms with Crippen molar-refractivity contribution in [2.24, 2.45) is 10.9 Å². The SMILES string of the molecule is COc1ccccc1CN1C(=NC(=O)C(C)C)SC2CS(=O)(=O)CC21. The summed E-state index contributed by atoms with van der Waals surface area (Å²) in [6.45, 7) is 4.08. The molecule has 0 aliphatic carbocycles. The predicted molar refractivity (Wildman–Crippen MR) is 99.6 cm³/mol. The fourth-order valence-corrected chi connectivity index (χ4v) is 7.02. The van der Waals surface area contributed by atoms with Gasteiger partial charge in [-0.2, -0.15) is 4.99 Å². The van der Waals surface area contributed by atoms with E-state index in [1.165, 1.54) is 11.8 Å². The van der Waals surface area contributed by atoms with Crippen LogP contribution < -0.4 is 4.74 Å². The van der Waals surface area contributed by atoms with E-state index in [1.54, 1.807) is 7.11 Å². The van der Waals surface area contributed by atoms with Crippen molar-refractivity contribution in [1.82, 2.24) is 4.90 Å². The van der Waals surface area contributed by atoms with Crippen LogP contribution in [0, 0.1) is 5.92 Å². The van der Waals surface area contributed by atoms with Gasteiger partial charge in [-0.25, -0.2) is 8.42 Å². The second kappa shape index (κ2) is 6.99. The number of thioether (sulfide) groups is 1. The van der Waals surface area contributed by atoms with Gasteiger partial charge in [0.15, 0.2) is 15.0 Å². The molecular formula is C17H22N2O4S2. The van der Waals surface area contributed by atoms with Gasteiger partial charge in [-0.3, -0.25) is 4.79 Å². The summed E-state index contributed by atoms with van der Waals surface area (Å²) in [6, 6.07) is 7.47. The van der Waals surface area contributed by atoms with Gasteiger partial charge in [-0.05, 0) is 6.07 Å². The number of ether oxygens (including phenoxy) is 1. The molecule has 2 saturated heterocycles. The number of fused-ring (bicyclic) bond motifs is 1. The predicted octanol–water partition coefficient (Wildman–Crippen LogP) is 1.95. The number of methoxy groups -OCH3 is 1. The van der Waals surface area contributed by atoms with Crippen LogP contribution in [0.25, 0.3) is 0 Å². The van der Waals surface area contributed by atoms with Crippen molar-refractivity contribution in [3.63, 3.8) is 0 Å². The van der Waals surface area contributed by atoms with Gasteiger partial charge in [0.2, 0.25) is 0 Å². The Balaban J connectivity index is 1.93. The molecule has 2 atom stereocenters. The minimum atomic E-state index is -3.05. The number of hydrogen-bond donors (Lipinski definition) is 0. The van der Waals surface area contributed by atoms with E-state index in [0.717, 1.165) is 11.3 Å². The molecule has 0 N–H and O–H groups in total. The summed E-state index contributed by atoms with van der Waals surface area (Å²) in [4.78, 5) is 18.3. The van der Waals surface area contributed by atoms with Crippen molar-refractivity contribution in [3.05, 3.63) is 29.8 Å². The van der Waals surface area contributed by atoms with E-state index in [4.69, 9.17) is 4.74 Å². The lowest BCUT2D eigenvalue weighted by Crippen LogP contribution is -2.37. The highest BCUT2D eigenvalue weighted by molar-refractivity contribution is 8.15. The number of benzene rings is 1. The lowest BCUT2D eigenvalue weighted by Gasteiger charge is -2.25. The van der Waals surface area contributed by atoms with Crippen molar-refractivity contribution >= 4 is 32.7 Å². The van der Waals surface area contributed by atoms with Crippen molar-refractivity contribution in [2.45, 2.75) is 31.7 Å². The fraction of sp³-hybridized carbons (Fsp3) is 0.529. The summed E-state index contributed by atoms with van der Waals surface area (Å²) in [5.74, 6) is 0.612. The van der Waals surface area contributed by atoms with Gasteiger partial charge in [0.25, 0.3) is 5.91 Å². The summed E-state index contributed by atoms with van der Waals surface area (Å²) in [7, 11) is -1.44. The van der Waals surface area contributed by atoms with Crippen LogP contribution >= 0.6 is 11.8 Å². The number of hydrogen-bond acceptors (Lipinski definition) is 5. The van der Waals surface area contributed by atoms with Crippen molar-refractivity contribution in [3.8, 4) is 5.75 Å². The molecule has 0 radical (unpaired) electrons. The van der Waals surface area contributed by atoms with Crippen molar-refractivity contribution in [2.75, 3.05) is 18.6 Å². The largest absolute Gasteiger partial charge is 0.496 e. The highest BCUT2D eigenvalue weighted by Crippen LogP contribution is 2.39. The molecule has 2 heterocycles.